The first-order chi connectivity index (χ1) is 12.6. The highest BCUT2D eigenvalue weighted by Gasteiger charge is 2.27. The van der Waals surface area contributed by atoms with Gasteiger partial charge in [-0.25, -0.2) is 4.79 Å². The third-order valence-corrected chi connectivity index (χ3v) is 4.84. The van der Waals surface area contributed by atoms with Crippen molar-refractivity contribution in [1.82, 2.24) is 10.2 Å². The Morgan fingerprint density at radius 1 is 1.37 bits per heavy atom. The molecule has 0 spiro atoms. The summed E-state index contributed by atoms with van der Waals surface area (Å²) in [4.78, 5) is 24.1. The van der Waals surface area contributed by atoms with Crippen LogP contribution in [-0.4, -0.2) is 58.9 Å². The van der Waals surface area contributed by atoms with Crippen molar-refractivity contribution in [1.29, 1.82) is 0 Å². The fourth-order valence-electron chi connectivity index (χ4n) is 2.97. The Morgan fingerprint density at radius 3 is 2.48 bits per heavy atom. The zero-order valence-corrected chi connectivity index (χ0v) is 17.4. The van der Waals surface area contributed by atoms with Crippen molar-refractivity contribution in [3.05, 3.63) is 27.8 Å². The van der Waals surface area contributed by atoms with E-state index in [0.717, 1.165) is 5.56 Å². The van der Waals surface area contributed by atoms with Gasteiger partial charge in [0.05, 0.1) is 7.11 Å². The number of carbonyl (C=O) groups is 2. The first kappa shape index (κ1) is 23.3. The molecule has 0 aliphatic carbocycles. The van der Waals surface area contributed by atoms with E-state index in [4.69, 9.17) is 33.0 Å². The first-order valence-corrected chi connectivity index (χ1v) is 9.42. The van der Waals surface area contributed by atoms with Crippen LogP contribution in [0, 0.1) is 6.92 Å². The Morgan fingerprint density at radius 2 is 2.00 bits per heavy atom. The van der Waals surface area contributed by atoms with Gasteiger partial charge in [-0.05, 0) is 44.4 Å². The summed E-state index contributed by atoms with van der Waals surface area (Å²) in [7, 11) is 1.50. The predicted molar refractivity (Wildman–Crippen MR) is 105 cm³/mol. The molecule has 27 heavy (non-hydrogen) atoms. The number of hydrogen-bond acceptors (Lipinski definition) is 4. The van der Waals surface area contributed by atoms with Crippen LogP contribution in [0.5, 0.6) is 5.75 Å². The number of carboxylic acid groups (broad SMARTS) is 1. The number of nitrogens with zero attached hydrogens (tertiary/aromatic N) is 1. The molecule has 9 heteroatoms. The van der Waals surface area contributed by atoms with Crippen molar-refractivity contribution in [2.24, 2.45) is 0 Å². The van der Waals surface area contributed by atoms with Crippen molar-refractivity contribution >= 4 is 35.2 Å². The molecule has 7 nitrogen and oxygen atoms in total. The molecule has 1 atom stereocenters. The van der Waals surface area contributed by atoms with Gasteiger partial charge in [-0.2, -0.15) is 0 Å². The summed E-state index contributed by atoms with van der Waals surface area (Å²) in [5.74, 6) is -0.0821. The van der Waals surface area contributed by atoms with Crippen LogP contribution in [0.4, 0.5) is 4.79 Å². The third kappa shape index (κ3) is 6.16. The number of ether oxygens (including phenoxy) is 1. The minimum Gasteiger partial charge on any atom is -0.496 e. The van der Waals surface area contributed by atoms with E-state index in [1.54, 1.807) is 26.8 Å². The fourth-order valence-corrected chi connectivity index (χ4v) is 3.36. The number of methoxy groups -OCH3 is 1. The number of carbonyl (C=O) groups excluding carboxylic acids is 1. The summed E-state index contributed by atoms with van der Waals surface area (Å²) in [6, 6.07) is 1.48. The molecule has 152 valence electrons. The molecule has 0 heterocycles. The molecule has 0 fully saturated rings. The molecule has 0 saturated carbocycles. The normalized spacial score (nSPS) is 12.0. The molecule has 0 aliphatic heterocycles. The number of rotatable bonds is 9. The van der Waals surface area contributed by atoms with E-state index < -0.39 is 12.3 Å². The third-order valence-electron chi connectivity index (χ3n) is 4.22. The number of aliphatic hydroxyl groups is 1. The molecular weight excluding hydrogens is 395 g/mol. The standard InChI is InChI=1S/C18H26Cl2N2O5/c1-10(2)22(16(24)9-19)15(23)8-13-11(3)14(20)7-12(17(13)27-4)5-6-21-18(25)26/h7,10,15,21,23H,5-6,8-9H2,1-4H3,(H,25,26). The quantitative estimate of drug-likeness (QED) is 0.421. The zero-order valence-electron chi connectivity index (χ0n) is 15.9. The number of hydrogen-bond donors (Lipinski definition) is 3. The van der Waals surface area contributed by atoms with Crippen LogP contribution in [0.1, 0.15) is 30.5 Å². The average Bonchev–Trinajstić information content (AvgIpc) is 2.58. The molecule has 0 radical (unpaired) electrons. The smallest absolute Gasteiger partial charge is 0.404 e. The van der Waals surface area contributed by atoms with Gasteiger partial charge in [0, 0.05) is 29.6 Å². The molecule has 0 aromatic heterocycles. The first-order valence-electron chi connectivity index (χ1n) is 8.50. The van der Waals surface area contributed by atoms with Crippen LogP contribution in [0.25, 0.3) is 0 Å². The molecule has 1 aromatic carbocycles. The summed E-state index contributed by atoms with van der Waals surface area (Å²) in [5.41, 5.74) is 2.10. The highest BCUT2D eigenvalue weighted by atomic mass is 35.5. The monoisotopic (exact) mass is 420 g/mol. The molecule has 2 amide bonds. The van der Waals surface area contributed by atoms with Gasteiger partial charge >= 0.3 is 6.09 Å². The number of nitrogens with one attached hydrogen (secondary N) is 1. The Hall–Kier alpha value is -1.70. The fraction of sp³-hybridized carbons (Fsp3) is 0.556. The summed E-state index contributed by atoms with van der Waals surface area (Å²) in [5, 5.41) is 22.2. The van der Waals surface area contributed by atoms with E-state index in [9.17, 15) is 14.7 Å². The van der Waals surface area contributed by atoms with Crippen molar-refractivity contribution in [2.45, 2.75) is 45.9 Å². The predicted octanol–water partition coefficient (Wildman–Crippen LogP) is 2.80. The van der Waals surface area contributed by atoms with Crippen LogP contribution in [-0.2, 0) is 17.6 Å². The summed E-state index contributed by atoms with van der Waals surface area (Å²) in [6.45, 7) is 5.57. The average molecular weight is 421 g/mol. The van der Waals surface area contributed by atoms with Crippen LogP contribution >= 0.6 is 23.2 Å². The second-order valence-corrected chi connectivity index (χ2v) is 7.02. The minimum atomic E-state index is -1.12. The molecular formula is C18H26Cl2N2O5. The van der Waals surface area contributed by atoms with Crippen molar-refractivity contribution < 1.29 is 24.5 Å². The Bertz CT molecular complexity index is 682. The zero-order chi connectivity index (χ0) is 20.7. The van der Waals surface area contributed by atoms with Gasteiger partial charge in [0.2, 0.25) is 5.91 Å². The van der Waals surface area contributed by atoms with Gasteiger partial charge in [-0.1, -0.05) is 11.6 Å². The lowest BCUT2D eigenvalue weighted by atomic mass is 9.97. The lowest BCUT2D eigenvalue weighted by Crippen LogP contribution is -2.46. The Balaban J connectivity index is 3.22. The number of halogens is 2. The van der Waals surface area contributed by atoms with E-state index in [-0.39, 0.29) is 30.8 Å². The second-order valence-electron chi connectivity index (χ2n) is 6.35. The maximum atomic E-state index is 12.1. The Labute approximate surface area is 169 Å². The Kier molecular flexibility index (Phi) is 9.15. The highest BCUT2D eigenvalue weighted by Crippen LogP contribution is 2.34. The van der Waals surface area contributed by atoms with E-state index in [1.807, 2.05) is 0 Å². The summed E-state index contributed by atoms with van der Waals surface area (Å²) in [6.07, 6.45) is -1.75. The number of benzene rings is 1. The van der Waals surface area contributed by atoms with Crippen molar-refractivity contribution in [3.63, 3.8) is 0 Å². The van der Waals surface area contributed by atoms with Gasteiger partial charge in [0.25, 0.3) is 0 Å². The summed E-state index contributed by atoms with van der Waals surface area (Å²) >= 11 is 12.0. The molecule has 1 rings (SSSR count). The topological polar surface area (TPSA) is 99.1 Å². The molecule has 1 unspecified atom stereocenters. The molecule has 0 aliphatic rings. The molecule has 1 aromatic rings. The van der Waals surface area contributed by atoms with Gasteiger partial charge in [0.15, 0.2) is 0 Å². The highest BCUT2D eigenvalue weighted by molar-refractivity contribution is 6.31. The van der Waals surface area contributed by atoms with Crippen LogP contribution < -0.4 is 10.1 Å². The van der Waals surface area contributed by atoms with Gasteiger partial charge in [0.1, 0.15) is 17.9 Å². The van der Waals surface area contributed by atoms with Gasteiger partial charge in [-0.3, -0.25) is 4.79 Å². The largest absolute Gasteiger partial charge is 0.496 e. The second kappa shape index (κ2) is 10.6. The van der Waals surface area contributed by atoms with E-state index in [0.29, 0.717) is 28.3 Å². The minimum absolute atomic E-state index is 0.107. The van der Waals surface area contributed by atoms with Crippen LogP contribution in [0.3, 0.4) is 0 Å². The van der Waals surface area contributed by atoms with E-state index >= 15 is 0 Å². The number of aliphatic hydroxyl groups excluding tert-OH is 1. The van der Waals surface area contributed by atoms with Crippen LogP contribution in [0.15, 0.2) is 6.07 Å². The van der Waals surface area contributed by atoms with Gasteiger partial charge in [-0.15, -0.1) is 11.6 Å². The van der Waals surface area contributed by atoms with Crippen LogP contribution in [0.2, 0.25) is 5.02 Å². The summed E-state index contributed by atoms with van der Waals surface area (Å²) < 4.78 is 5.52. The molecule has 0 saturated heterocycles. The maximum Gasteiger partial charge on any atom is 0.404 e. The van der Waals surface area contributed by atoms with Crippen molar-refractivity contribution in [2.75, 3.05) is 19.5 Å². The van der Waals surface area contributed by atoms with E-state index in [2.05, 4.69) is 5.32 Å². The lowest BCUT2D eigenvalue weighted by molar-refractivity contribution is -0.141. The molecule has 0 bridgehead atoms. The van der Waals surface area contributed by atoms with Gasteiger partial charge < -0.3 is 25.2 Å². The lowest BCUT2D eigenvalue weighted by Gasteiger charge is -2.32. The SMILES string of the molecule is COc1c(CCNC(=O)O)cc(Cl)c(C)c1CC(O)N(C(=O)CCl)C(C)C. The van der Waals surface area contributed by atoms with E-state index in [1.165, 1.54) is 12.0 Å². The maximum absolute atomic E-state index is 12.1. The number of amides is 2. The van der Waals surface area contributed by atoms with Crippen molar-refractivity contribution in [3.8, 4) is 5.75 Å². The number of alkyl halides is 1. The molecule has 3 N–H and O–H groups in total.